The predicted octanol–water partition coefficient (Wildman–Crippen LogP) is 2.38. The SMILES string of the molecule is CC(C)(C1CCC(=O)C(C=O)C1)C1CCC(=O)C(C=O)C1. The molecule has 2 rings (SSSR count). The number of carbonyl (C=O) groups excluding carboxylic acids is 4. The molecule has 0 aliphatic heterocycles. The first-order valence-corrected chi connectivity index (χ1v) is 7.86. The van der Waals surface area contributed by atoms with Crippen molar-refractivity contribution in [3.05, 3.63) is 0 Å². The first-order chi connectivity index (χ1) is 9.90. The molecule has 116 valence electrons. The fourth-order valence-electron chi connectivity index (χ4n) is 4.06. The summed E-state index contributed by atoms with van der Waals surface area (Å²) in [5.41, 5.74) is -0.0517. The van der Waals surface area contributed by atoms with E-state index in [-0.39, 0.29) is 17.0 Å². The molecule has 4 unspecified atom stereocenters. The molecule has 0 heterocycles. The van der Waals surface area contributed by atoms with Crippen molar-refractivity contribution in [2.75, 3.05) is 0 Å². The summed E-state index contributed by atoms with van der Waals surface area (Å²) in [6.07, 6.45) is 5.36. The van der Waals surface area contributed by atoms with Crippen molar-refractivity contribution in [3.63, 3.8) is 0 Å². The molecule has 4 atom stereocenters. The number of hydrogen-bond donors (Lipinski definition) is 0. The number of ketones is 2. The minimum atomic E-state index is -0.463. The van der Waals surface area contributed by atoms with Crippen molar-refractivity contribution in [2.45, 2.75) is 52.4 Å². The minimum Gasteiger partial charge on any atom is -0.303 e. The van der Waals surface area contributed by atoms with Crippen LogP contribution in [0.1, 0.15) is 52.4 Å². The molecule has 21 heavy (non-hydrogen) atoms. The van der Waals surface area contributed by atoms with E-state index in [1.165, 1.54) is 0 Å². The van der Waals surface area contributed by atoms with E-state index in [0.29, 0.717) is 37.5 Å². The number of Topliss-reactive ketones (excluding diaryl/α,β-unsaturated/α-hetero) is 2. The molecule has 0 bridgehead atoms. The van der Waals surface area contributed by atoms with Crippen molar-refractivity contribution in [1.29, 1.82) is 0 Å². The van der Waals surface area contributed by atoms with Crippen LogP contribution in [0.5, 0.6) is 0 Å². The lowest BCUT2D eigenvalue weighted by atomic mass is 9.58. The number of aldehydes is 2. The molecule has 2 aliphatic carbocycles. The van der Waals surface area contributed by atoms with Crippen molar-refractivity contribution >= 4 is 24.1 Å². The first kappa shape index (κ1) is 16.1. The van der Waals surface area contributed by atoms with E-state index < -0.39 is 11.8 Å². The zero-order valence-corrected chi connectivity index (χ0v) is 12.8. The Morgan fingerprint density at radius 2 is 1.24 bits per heavy atom. The molecule has 4 heteroatoms. The van der Waals surface area contributed by atoms with Crippen LogP contribution in [0.15, 0.2) is 0 Å². The Morgan fingerprint density at radius 3 is 1.57 bits per heavy atom. The molecule has 2 aliphatic rings. The Hall–Kier alpha value is -1.32. The number of carbonyl (C=O) groups is 4. The molecule has 0 aromatic carbocycles. The molecule has 0 amide bonds. The van der Waals surface area contributed by atoms with Gasteiger partial charge in [-0.2, -0.15) is 0 Å². The van der Waals surface area contributed by atoms with Gasteiger partial charge in [0, 0.05) is 12.8 Å². The van der Waals surface area contributed by atoms with Gasteiger partial charge in [-0.05, 0) is 42.9 Å². The lowest BCUT2D eigenvalue weighted by Crippen LogP contribution is -2.42. The van der Waals surface area contributed by atoms with Gasteiger partial charge in [0.2, 0.25) is 0 Å². The maximum absolute atomic E-state index is 11.7. The lowest BCUT2D eigenvalue weighted by molar-refractivity contribution is -0.133. The summed E-state index contributed by atoms with van der Waals surface area (Å²) < 4.78 is 0. The average Bonchev–Trinajstić information content (AvgIpc) is 2.47. The predicted molar refractivity (Wildman–Crippen MR) is 77.6 cm³/mol. The van der Waals surface area contributed by atoms with Crippen LogP contribution >= 0.6 is 0 Å². The van der Waals surface area contributed by atoms with Gasteiger partial charge in [-0.25, -0.2) is 0 Å². The van der Waals surface area contributed by atoms with Gasteiger partial charge >= 0.3 is 0 Å². The molecule has 0 spiro atoms. The van der Waals surface area contributed by atoms with Crippen LogP contribution in [-0.2, 0) is 19.2 Å². The Labute approximate surface area is 125 Å². The number of rotatable bonds is 4. The van der Waals surface area contributed by atoms with Crippen LogP contribution in [0, 0.1) is 29.1 Å². The van der Waals surface area contributed by atoms with Gasteiger partial charge in [0.05, 0.1) is 11.8 Å². The molecule has 2 saturated carbocycles. The normalized spacial score (nSPS) is 34.6. The third-order valence-corrected chi connectivity index (χ3v) is 5.82. The second-order valence-corrected chi connectivity index (χ2v) is 7.18. The molecule has 0 N–H and O–H groups in total. The van der Waals surface area contributed by atoms with E-state index in [0.717, 1.165) is 25.4 Å². The fourth-order valence-corrected chi connectivity index (χ4v) is 4.06. The minimum absolute atomic E-state index is 0.0517. The molecule has 0 saturated heterocycles. The van der Waals surface area contributed by atoms with Crippen LogP contribution in [0.4, 0.5) is 0 Å². The molecule has 4 nitrogen and oxygen atoms in total. The molecule has 2 fully saturated rings. The van der Waals surface area contributed by atoms with Crippen LogP contribution < -0.4 is 0 Å². The van der Waals surface area contributed by atoms with E-state index in [1.807, 2.05) is 0 Å². The Kier molecular flexibility index (Phi) is 4.74. The van der Waals surface area contributed by atoms with Crippen molar-refractivity contribution in [2.24, 2.45) is 29.1 Å². The van der Waals surface area contributed by atoms with Gasteiger partial charge in [0.15, 0.2) is 0 Å². The Bertz CT molecular complexity index is 412. The zero-order chi connectivity index (χ0) is 15.6. The van der Waals surface area contributed by atoms with Gasteiger partial charge in [0.25, 0.3) is 0 Å². The van der Waals surface area contributed by atoms with E-state index in [2.05, 4.69) is 13.8 Å². The monoisotopic (exact) mass is 292 g/mol. The average molecular weight is 292 g/mol. The molecule has 0 radical (unpaired) electrons. The highest BCUT2D eigenvalue weighted by Gasteiger charge is 2.44. The summed E-state index contributed by atoms with van der Waals surface area (Å²) in [5, 5.41) is 0. The fraction of sp³-hybridized carbons (Fsp3) is 0.765. The van der Waals surface area contributed by atoms with Gasteiger partial charge in [0.1, 0.15) is 24.1 Å². The summed E-state index contributed by atoms with van der Waals surface area (Å²) in [4.78, 5) is 45.5. The highest BCUT2D eigenvalue weighted by atomic mass is 16.1. The summed E-state index contributed by atoms with van der Waals surface area (Å²) in [5.74, 6) is -0.208. The highest BCUT2D eigenvalue weighted by Crippen LogP contribution is 2.48. The van der Waals surface area contributed by atoms with Gasteiger partial charge < -0.3 is 9.59 Å². The van der Waals surface area contributed by atoms with Gasteiger partial charge in [-0.15, -0.1) is 0 Å². The number of hydrogen-bond acceptors (Lipinski definition) is 4. The van der Waals surface area contributed by atoms with Crippen LogP contribution in [0.3, 0.4) is 0 Å². The van der Waals surface area contributed by atoms with Gasteiger partial charge in [-0.1, -0.05) is 13.8 Å². The summed E-state index contributed by atoms with van der Waals surface area (Å²) in [7, 11) is 0. The van der Waals surface area contributed by atoms with Gasteiger partial charge in [-0.3, -0.25) is 9.59 Å². The Morgan fingerprint density at radius 1 is 0.857 bits per heavy atom. The molecular weight excluding hydrogens is 268 g/mol. The summed E-state index contributed by atoms with van der Waals surface area (Å²) in [6, 6.07) is 0. The maximum atomic E-state index is 11.7. The van der Waals surface area contributed by atoms with E-state index in [4.69, 9.17) is 0 Å². The van der Waals surface area contributed by atoms with E-state index >= 15 is 0 Å². The zero-order valence-electron chi connectivity index (χ0n) is 12.8. The quantitative estimate of drug-likeness (QED) is 0.589. The summed E-state index contributed by atoms with van der Waals surface area (Å²) >= 11 is 0. The topological polar surface area (TPSA) is 68.3 Å². The third kappa shape index (κ3) is 3.14. The van der Waals surface area contributed by atoms with Crippen molar-refractivity contribution in [1.82, 2.24) is 0 Å². The van der Waals surface area contributed by atoms with Crippen molar-refractivity contribution < 1.29 is 19.2 Å². The maximum Gasteiger partial charge on any atom is 0.143 e. The van der Waals surface area contributed by atoms with Crippen LogP contribution in [0.25, 0.3) is 0 Å². The summed E-state index contributed by atoms with van der Waals surface area (Å²) in [6.45, 7) is 4.33. The van der Waals surface area contributed by atoms with E-state index in [9.17, 15) is 19.2 Å². The van der Waals surface area contributed by atoms with Crippen LogP contribution in [0.2, 0.25) is 0 Å². The van der Waals surface area contributed by atoms with Crippen molar-refractivity contribution in [3.8, 4) is 0 Å². The largest absolute Gasteiger partial charge is 0.303 e. The lowest BCUT2D eigenvalue weighted by Gasteiger charge is -2.45. The molecule has 0 aromatic heterocycles. The second-order valence-electron chi connectivity index (χ2n) is 7.18. The molecule has 0 aromatic rings. The smallest absolute Gasteiger partial charge is 0.143 e. The Balaban J connectivity index is 2.10. The third-order valence-electron chi connectivity index (χ3n) is 5.82. The molecular formula is C17H24O4. The second kappa shape index (κ2) is 6.20. The van der Waals surface area contributed by atoms with Crippen LogP contribution in [-0.4, -0.2) is 24.1 Å². The highest BCUT2D eigenvalue weighted by molar-refractivity contribution is 5.94. The standard InChI is InChI=1S/C17H24O4/c1-17(2,13-3-5-15(20)11(7-13)9-18)14-4-6-16(21)12(8-14)10-19/h9-14H,3-8H2,1-2H3. The first-order valence-electron chi connectivity index (χ1n) is 7.86. The van der Waals surface area contributed by atoms with E-state index in [1.54, 1.807) is 0 Å².